The van der Waals surface area contributed by atoms with Crippen molar-refractivity contribution in [2.75, 3.05) is 26.4 Å². The first-order chi connectivity index (χ1) is 14.2. The van der Waals surface area contributed by atoms with Gasteiger partial charge in [-0.3, -0.25) is 0 Å². The van der Waals surface area contributed by atoms with E-state index >= 15 is 0 Å². The zero-order chi connectivity index (χ0) is 20.5. The Labute approximate surface area is 171 Å². The second-order valence-electron chi connectivity index (χ2n) is 6.96. The van der Waals surface area contributed by atoms with Crippen molar-refractivity contribution in [3.05, 3.63) is 65.7 Å². The minimum Gasteiger partial charge on any atom is -0.482 e. The van der Waals surface area contributed by atoms with Gasteiger partial charge in [0, 0.05) is 6.54 Å². The molecule has 1 aliphatic rings. The molecule has 0 bridgehead atoms. The van der Waals surface area contributed by atoms with Crippen molar-refractivity contribution >= 4 is 12.1 Å². The Morgan fingerprint density at radius 2 is 1.93 bits per heavy atom. The molecule has 3 rings (SSSR count). The molecule has 1 fully saturated rings. The number of benzene rings is 2. The highest BCUT2D eigenvalue weighted by atomic mass is 16.6. The minimum absolute atomic E-state index is 0.0733. The monoisotopic (exact) mass is 397 g/mol. The number of nitrogens with zero attached hydrogens (tertiary/aromatic N) is 1. The fourth-order valence-electron chi connectivity index (χ4n) is 3.41. The Hall–Kier alpha value is -3.02. The van der Waals surface area contributed by atoms with Crippen molar-refractivity contribution in [1.29, 1.82) is 0 Å². The van der Waals surface area contributed by atoms with Gasteiger partial charge in [0.2, 0.25) is 0 Å². The summed E-state index contributed by atoms with van der Waals surface area (Å²) in [5.74, 6) is 0.257. The van der Waals surface area contributed by atoms with E-state index < -0.39 is 0 Å². The third-order valence-corrected chi connectivity index (χ3v) is 4.81. The first-order valence-corrected chi connectivity index (χ1v) is 10.0. The normalized spacial score (nSPS) is 15.8. The van der Waals surface area contributed by atoms with Gasteiger partial charge in [-0.1, -0.05) is 42.5 Å². The van der Waals surface area contributed by atoms with Crippen molar-refractivity contribution in [2.24, 2.45) is 0 Å². The number of aryl methyl sites for hydroxylation is 1. The molecular formula is C23H27NO5. The summed E-state index contributed by atoms with van der Waals surface area (Å²) in [6, 6.07) is 17.9. The van der Waals surface area contributed by atoms with Gasteiger partial charge in [0.05, 0.1) is 12.6 Å². The summed E-state index contributed by atoms with van der Waals surface area (Å²) < 4.78 is 15.6. The molecule has 6 nitrogen and oxygen atoms in total. The van der Waals surface area contributed by atoms with Gasteiger partial charge in [0.15, 0.2) is 6.61 Å². The Bertz CT molecular complexity index is 808. The minimum atomic E-state index is -0.380. The molecule has 0 saturated carbocycles. The number of carbonyl (C=O) groups excluding carboxylic acids is 2. The van der Waals surface area contributed by atoms with Crippen LogP contribution in [0.2, 0.25) is 0 Å². The van der Waals surface area contributed by atoms with E-state index in [9.17, 15) is 9.59 Å². The highest BCUT2D eigenvalue weighted by Gasteiger charge is 2.32. The van der Waals surface area contributed by atoms with Gasteiger partial charge >= 0.3 is 12.1 Å². The van der Waals surface area contributed by atoms with Crippen molar-refractivity contribution in [2.45, 2.75) is 32.2 Å². The molecule has 154 valence electrons. The van der Waals surface area contributed by atoms with E-state index in [4.69, 9.17) is 14.2 Å². The number of esters is 1. The lowest BCUT2D eigenvalue weighted by Crippen LogP contribution is -2.36. The Morgan fingerprint density at radius 3 is 2.72 bits per heavy atom. The van der Waals surface area contributed by atoms with Crippen molar-refractivity contribution in [3.8, 4) is 5.75 Å². The van der Waals surface area contributed by atoms with E-state index in [1.807, 2.05) is 47.4 Å². The van der Waals surface area contributed by atoms with Gasteiger partial charge in [0.25, 0.3) is 0 Å². The summed E-state index contributed by atoms with van der Waals surface area (Å²) in [5, 5.41) is 0. The first-order valence-electron chi connectivity index (χ1n) is 10.0. The summed E-state index contributed by atoms with van der Waals surface area (Å²) in [6.07, 6.45) is 2.18. The molecule has 2 aromatic carbocycles. The number of cyclic esters (lactones) is 1. The lowest BCUT2D eigenvalue weighted by atomic mass is 10.1. The van der Waals surface area contributed by atoms with Crippen molar-refractivity contribution in [3.63, 3.8) is 0 Å². The summed E-state index contributed by atoms with van der Waals surface area (Å²) >= 11 is 0. The molecule has 2 aromatic rings. The Kier molecular flexibility index (Phi) is 7.50. The second-order valence-corrected chi connectivity index (χ2v) is 6.96. The third kappa shape index (κ3) is 6.24. The van der Waals surface area contributed by atoms with Crippen LogP contribution >= 0.6 is 0 Å². The van der Waals surface area contributed by atoms with Crippen LogP contribution in [0.15, 0.2) is 54.6 Å². The molecule has 0 aliphatic carbocycles. The number of hydrogen-bond acceptors (Lipinski definition) is 5. The summed E-state index contributed by atoms with van der Waals surface area (Å²) in [7, 11) is 0. The molecule has 1 amide bonds. The topological polar surface area (TPSA) is 65.1 Å². The number of rotatable bonds is 10. The van der Waals surface area contributed by atoms with Gasteiger partial charge in [0.1, 0.15) is 12.4 Å². The average molecular weight is 397 g/mol. The maximum absolute atomic E-state index is 12.1. The van der Waals surface area contributed by atoms with E-state index in [1.54, 1.807) is 6.92 Å². The Balaban J connectivity index is 1.49. The molecule has 0 aromatic heterocycles. The van der Waals surface area contributed by atoms with Crippen LogP contribution in [0.25, 0.3) is 0 Å². The molecular weight excluding hydrogens is 370 g/mol. The maximum Gasteiger partial charge on any atom is 0.410 e. The van der Waals surface area contributed by atoms with Gasteiger partial charge < -0.3 is 19.1 Å². The molecule has 1 saturated heterocycles. The van der Waals surface area contributed by atoms with E-state index in [2.05, 4.69) is 12.1 Å². The highest BCUT2D eigenvalue weighted by Crippen LogP contribution is 2.19. The Morgan fingerprint density at radius 1 is 1.14 bits per heavy atom. The quantitative estimate of drug-likeness (QED) is 0.573. The molecule has 0 radical (unpaired) electrons. The van der Waals surface area contributed by atoms with Gasteiger partial charge in [-0.15, -0.1) is 0 Å². The SMILES string of the molecule is CCOC(=O)COc1cccc(CCCN2C(=O)OC[C@@H]2Cc2ccccc2)c1. The smallest absolute Gasteiger partial charge is 0.410 e. The summed E-state index contributed by atoms with van der Waals surface area (Å²) in [6.45, 7) is 3.08. The molecule has 1 heterocycles. The van der Waals surface area contributed by atoms with Crippen LogP contribution in [0, 0.1) is 0 Å². The standard InChI is InChI=1S/C23H27NO5/c1-2-27-22(25)17-28-21-12-6-10-19(15-21)11-7-13-24-20(16-29-23(24)26)14-18-8-4-3-5-9-18/h3-6,8-10,12,15,20H,2,7,11,13-14,16-17H2,1H3/t20-/m0/s1. The van der Waals surface area contributed by atoms with E-state index in [0.717, 1.165) is 24.8 Å². The van der Waals surface area contributed by atoms with Crippen LogP contribution in [0.4, 0.5) is 4.79 Å². The molecule has 29 heavy (non-hydrogen) atoms. The second kappa shape index (κ2) is 10.5. The van der Waals surface area contributed by atoms with Gasteiger partial charge in [-0.2, -0.15) is 0 Å². The number of carbonyl (C=O) groups is 2. The largest absolute Gasteiger partial charge is 0.482 e. The van der Waals surface area contributed by atoms with Crippen LogP contribution in [-0.4, -0.2) is 49.4 Å². The van der Waals surface area contributed by atoms with Gasteiger partial charge in [-0.05, 0) is 49.4 Å². The van der Waals surface area contributed by atoms with Crippen LogP contribution in [0.3, 0.4) is 0 Å². The molecule has 1 aliphatic heterocycles. The maximum atomic E-state index is 12.1. The van der Waals surface area contributed by atoms with E-state index in [-0.39, 0.29) is 24.7 Å². The average Bonchev–Trinajstić information content (AvgIpc) is 3.07. The summed E-state index contributed by atoms with van der Waals surface area (Å²) in [4.78, 5) is 25.4. The first kappa shape index (κ1) is 20.7. The predicted molar refractivity (Wildman–Crippen MR) is 109 cm³/mol. The fourth-order valence-corrected chi connectivity index (χ4v) is 3.41. The van der Waals surface area contributed by atoms with Crippen molar-refractivity contribution in [1.82, 2.24) is 4.90 Å². The zero-order valence-corrected chi connectivity index (χ0v) is 16.7. The van der Waals surface area contributed by atoms with E-state index in [1.165, 1.54) is 5.56 Å². The molecule has 6 heteroatoms. The lowest BCUT2D eigenvalue weighted by Gasteiger charge is -2.21. The number of ether oxygens (including phenoxy) is 3. The molecule has 0 unspecified atom stereocenters. The van der Waals surface area contributed by atoms with Crippen LogP contribution in [0.1, 0.15) is 24.5 Å². The number of hydrogen-bond donors (Lipinski definition) is 0. The molecule has 1 atom stereocenters. The molecule has 0 N–H and O–H groups in total. The zero-order valence-electron chi connectivity index (χ0n) is 16.7. The van der Waals surface area contributed by atoms with Gasteiger partial charge in [-0.25, -0.2) is 9.59 Å². The highest BCUT2D eigenvalue weighted by molar-refractivity contribution is 5.71. The van der Waals surface area contributed by atoms with E-state index in [0.29, 0.717) is 25.5 Å². The van der Waals surface area contributed by atoms with Crippen LogP contribution in [0.5, 0.6) is 5.75 Å². The van der Waals surface area contributed by atoms with Crippen LogP contribution < -0.4 is 4.74 Å². The summed E-state index contributed by atoms with van der Waals surface area (Å²) in [5.41, 5.74) is 2.30. The fraction of sp³-hybridized carbons (Fsp3) is 0.391. The molecule has 0 spiro atoms. The third-order valence-electron chi connectivity index (χ3n) is 4.81. The van der Waals surface area contributed by atoms with Crippen molar-refractivity contribution < 1.29 is 23.8 Å². The van der Waals surface area contributed by atoms with Crippen LogP contribution in [-0.2, 0) is 27.1 Å². The number of amides is 1. The lowest BCUT2D eigenvalue weighted by molar-refractivity contribution is -0.145. The predicted octanol–water partition coefficient (Wildman–Crippen LogP) is 3.62.